The quantitative estimate of drug-likeness (QED) is 0.758. The van der Waals surface area contributed by atoms with Crippen molar-refractivity contribution in [2.75, 3.05) is 11.4 Å². The van der Waals surface area contributed by atoms with Gasteiger partial charge in [0.1, 0.15) is 11.9 Å². The third kappa shape index (κ3) is 2.42. The molecular formula is C19H17FN2O2. The number of rotatable bonds is 3. The lowest BCUT2D eigenvalue weighted by molar-refractivity contribution is 0.139. The number of cyclic esters (lactones) is 1. The van der Waals surface area contributed by atoms with Crippen molar-refractivity contribution >= 4 is 22.7 Å². The summed E-state index contributed by atoms with van der Waals surface area (Å²) in [4.78, 5) is 16.5. The average molecular weight is 324 g/mol. The Kier molecular flexibility index (Phi) is 3.49. The van der Waals surface area contributed by atoms with Crippen molar-refractivity contribution in [3.8, 4) is 11.1 Å². The fourth-order valence-corrected chi connectivity index (χ4v) is 3.07. The Balaban J connectivity index is 1.68. The molecule has 1 fully saturated rings. The molecule has 1 atom stereocenters. The number of hydrogen-bond donors (Lipinski definition) is 1. The smallest absolute Gasteiger partial charge is 0.414 e. The lowest BCUT2D eigenvalue weighted by Crippen LogP contribution is -2.24. The minimum atomic E-state index is -0.415. The maximum atomic E-state index is 14.6. The van der Waals surface area contributed by atoms with Crippen LogP contribution in [0.1, 0.15) is 13.3 Å². The number of fused-ring (bicyclic) bond motifs is 1. The highest BCUT2D eigenvalue weighted by molar-refractivity contribution is 5.90. The summed E-state index contributed by atoms with van der Waals surface area (Å²) in [5, 5.41) is 1.08. The van der Waals surface area contributed by atoms with E-state index < -0.39 is 6.09 Å². The predicted octanol–water partition coefficient (Wildman–Crippen LogP) is 4.71. The lowest BCUT2D eigenvalue weighted by atomic mass is 10.0. The molecule has 1 unspecified atom stereocenters. The zero-order valence-corrected chi connectivity index (χ0v) is 13.3. The highest BCUT2D eigenvalue weighted by Gasteiger charge is 2.31. The highest BCUT2D eigenvalue weighted by atomic mass is 19.1. The summed E-state index contributed by atoms with van der Waals surface area (Å²) in [6.07, 6.45) is 2.06. The minimum Gasteiger partial charge on any atom is -0.444 e. The molecule has 3 aromatic rings. The van der Waals surface area contributed by atoms with E-state index in [4.69, 9.17) is 4.74 Å². The molecule has 0 spiro atoms. The van der Waals surface area contributed by atoms with E-state index in [9.17, 15) is 9.18 Å². The maximum Gasteiger partial charge on any atom is 0.414 e. The van der Waals surface area contributed by atoms with Gasteiger partial charge in [-0.2, -0.15) is 0 Å². The van der Waals surface area contributed by atoms with Gasteiger partial charge in [0.05, 0.1) is 12.2 Å². The van der Waals surface area contributed by atoms with E-state index in [1.807, 2.05) is 37.4 Å². The Hall–Kier alpha value is -2.82. The largest absolute Gasteiger partial charge is 0.444 e. The van der Waals surface area contributed by atoms with Gasteiger partial charge in [-0.15, -0.1) is 0 Å². The summed E-state index contributed by atoms with van der Waals surface area (Å²) in [5.41, 5.74) is 2.79. The van der Waals surface area contributed by atoms with Crippen LogP contribution in [0.25, 0.3) is 22.0 Å². The fraction of sp³-hybridized carbons (Fsp3) is 0.211. The Morgan fingerprint density at radius 2 is 2.12 bits per heavy atom. The Bertz CT molecular complexity index is 919. The zero-order valence-electron chi connectivity index (χ0n) is 13.3. The van der Waals surface area contributed by atoms with Crippen molar-refractivity contribution in [2.24, 2.45) is 0 Å². The van der Waals surface area contributed by atoms with Gasteiger partial charge in [-0.25, -0.2) is 9.18 Å². The molecule has 4 nitrogen and oxygen atoms in total. The zero-order chi connectivity index (χ0) is 16.7. The molecule has 5 heteroatoms. The fourth-order valence-electron chi connectivity index (χ4n) is 3.07. The minimum absolute atomic E-state index is 0.129. The molecule has 1 aliphatic rings. The van der Waals surface area contributed by atoms with E-state index in [0.717, 1.165) is 22.9 Å². The van der Waals surface area contributed by atoms with Crippen LogP contribution in [0.5, 0.6) is 0 Å². The summed E-state index contributed by atoms with van der Waals surface area (Å²) < 4.78 is 19.9. The van der Waals surface area contributed by atoms with Crippen molar-refractivity contribution < 1.29 is 13.9 Å². The second-order valence-corrected chi connectivity index (χ2v) is 5.97. The molecule has 0 aliphatic carbocycles. The molecule has 24 heavy (non-hydrogen) atoms. The molecule has 1 N–H and O–H groups in total. The lowest BCUT2D eigenvalue weighted by Gasteiger charge is -2.14. The second kappa shape index (κ2) is 5.67. The van der Waals surface area contributed by atoms with Crippen LogP contribution in [0.2, 0.25) is 0 Å². The first-order valence-corrected chi connectivity index (χ1v) is 8.01. The molecule has 1 amide bonds. The van der Waals surface area contributed by atoms with Crippen molar-refractivity contribution in [3.05, 3.63) is 54.5 Å². The number of H-pyrrole nitrogens is 1. The van der Waals surface area contributed by atoms with Gasteiger partial charge in [-0.1, -0.05) is 19.1 Å². The van der Waals surface area contributed by atoms with Crippen molar-refractivity contribution in [3.63, 3.8) is 0 Å². The summed E-state index contributed by atoms with van der Waals surface area (Å²) >= 11 is 0. The van der Waals surface area contributed by atoms with E-state index in [0.29, 0.717) is 17.8 Å². The van der Waals surface area contributed by atoms with E-state index in [-0.39, 0.29) is 11.9 Å². The van der Waals surface area contributed by atoms with Gasteiger partial charge in [0.15, 0.2) is 0 Å². The number of ether oxygens (including phenoxy) is 1. The SMILES string of the molecule is CCC1CN(c2ccc(-c3ccc4cc[nH]c4c3)c(F)c2)C(=O)O1. The first-order chi connectivity index (χ1) is 11.7. The van der Waals surface area contributed by atoms with E-state index in [1.165, 1.54) is 11.0 Å². The number of aromatic nitrogens is 1. The second-order valence-electron chi connectivity index (χ2n) is 5.97. The van der Waals surface area contributed by atoms with Crippen LogP contribution in [-0.4, -0.2) is 23.7 Å². The Morgan fingerprint density at radius 1 is 1.25 bits per heavy atom. The predicted molar refractivity (Wildman–Crippen MR) is 91.6 cm³/mol. The Morgan fingerprint density at radius 3 is 2.88 bits per heavy atom. The maximum absolute atomic E-state index is 14.6. The third-order valence-corrected chi connectivity index (χ3v) is 4.46. The molecular weight excluding hydrogens is 307 g/mol. The third-order valence-electron chi connectivity index (χ3n) is 4.46. The standard InChI is InChI=1S/C19H17FN2O2/c1-2-15-11-22(19(23)24-15)14-5-6-16(17(20)10-14)13-4-3-12-7-8-21-18(12)9-13/h3-10,15,21H,2,11H2,1H3. The van der Waals surface area contributed by atoms with Crippen molar-refractivity contribution in [1.82, 2.24) is 4.98 Å². The van der Waals surface area contributed by atoms with Crippen molar-refractivity contribution in [1.29, 1.82) is 0 Å². The number of aromatic amines is 1. The van der Waals surface area contributed by atoms with Gasteiger partial charge < -0.3 is 9.72 Å². The number of carbonyl (C=O) groups excluding carboxylic acids is 1. The summed E-state index contributed by atoms with van der Waals surface area (Å²) in [6.45, 7) is 2.42. The normalized spacial score (nSPS) is 17.5. The first-order valence-electron chi connectivity index (χ1n) is 8.01. The monoisotopic (exact) mass is 324 g/mol. The number of hydrogen-bond acceptors (Lipinski definition) is 2. The summed E-state index contributed by atoms with van der Waals surface area (Å²) in [7, 11) is 0. The van der Waals surface area contributed by atoms with Crippen LogP contribution in [0, 0.1) is 5.82 Å². The van der Waals surface area contributed by atoms with E-state index >= 15 is 0 Å². The molecule has 0 bridgehead atoms. The average Bonchev–Trinajstić information content (AvgIpc) is 3.20. The van der Waals surface area contributed by atoms with Crippen LogP contribution >= 0.6 is 0 Å². The number of nitrogens with zero attached hydrogens (tertiary/aromatic N) is 1. The Labute approximate surface area is 138 Å². The molecule has 2 heterocycles. The van der Waals surface area contributed by atoms with Crippen LogP contribution in [0.4, 0.5) is 14.9 Å². The number of halogens is 1. The number of carbonyl (C=O) groups is 1. The molecule has 0 radical (unpaired) electrons. The van der Waals surface area contributed by atoms with Gasteiger partial charge in [-0.3, -0.25) is 4.90 Å². The highest BCUT2D eigenvalue weighted by Crippen LogP contribution is 2.30. The number of amides is 1. The molecule has 1 aliphatic heterocycles. The van der Waals surface area contributed by atoms with Gasteiger partial charge in [-0.05, 0) is 47.7 Å². The number of anilines is 1. The number of nitrogens with one attached hydrogen (secondary N) is 1. The van der Waals surface area contributed by atoms with E-state index in [2.05, 4.69) is 4.98 Å². The molecule has 2 aromatic carbocycles. The van der Waals surface area contributed by atoms with Crippen LogP contribution in [0.3, 0.4) is 0 Å². The van der Waals surface area contributed by atoms with Crippen LogP contribution in [-0.2, 0) is 4.74 Å². The molecule has 4 rings (SSSR count). The topological polar surface area (TPSA) is 45.3 Å². The van der Waals surface area contributed by atoms with Gasteiger partial charge in [0, 0.05) is 17.3 Å². The summed E-state index contributed by atoms with van der Waals surface area (Å²) in [5.74, 6) is -0.355. The molecule has 122 valence electrons. The van der Waals surface area contributed by atoms with E-state index in [1.54, 1.807) is 12.1 Å². The first kappa shape index (κ1) is 14.8. The van der Waals surface area contributed by atoms with Gasteiger partial charge in [0.2, 0.25) is 0 Å². The molecule has 0 saturated carbocycles. The summed E-state index contributed by atoms with van der Waals surface area (Å²) in [6, 6.07) is 12.6. The molecule has 1 saturated heterocycles. The van der Waals surface area contributed by atoms with Crippen LogP contribution in [0.15, 0.2) is 48.7 Å². The van der Waals surface area contributed by atoms with Crippen molar-refractivity contribution in [2.45, 2.75) is 19.4 Å². The van der Waals surface area contributed by atoms with Gasteiger partial charge in [0.25, 0.3) is 0 Å². The van der Waals surface area contributed by atoms with Crippen LogP contribution < -0.4 is 4.90 Å². The number of benzene rings is 2. The van der Waals surface area contributed by atoms with Gasteiger partial charge >= 0.3 is 6.09 Å². The molecule has 1 aromatic heterocycles.